The Hall–Kier alpha value is -2.99. The third-order valence-corrected chi connectivity index (χ3v) is 4.81. The first kappa shape index (κ1) is 16.5. The first-order valence-corrected chi connectivity index (χ1v) is 8.61. The summed E-state index contributed by atoms with van der Waals surface area (Å²) in [4.78, 5) is 22.6. The summed E-state index contributed by atoms with van der Waals surface area (Å²) in [5, 5.41) is 20.4. The summed E-state index contributed by atoms with van der Waals surface area (Å²) in [7, 11) is 0. The van der Waals surface area contributed by atoms with E-state index >= 15 is 0 Å². The van der Waals surface area contributed by atoms with Crippen molar-refractivity contribution in [3.8, 4) is 11.4 Å². The molecule has 1 aliphatic heterocycles. The molecule has 1 saturated heterocycles. The fourth-order valence-electron chi connectivity index (χ4n) is 3.43. The predicted molar refractivity (Wildman–Crippen MR) is 98.9 cm³/mol. The van der Waals surface area contributed by atoms with E-state index in [1.807, 2.05) is 59.5 Å². The Morgan fingerprint density at radius 2 is 1.77 bits per heavy atom. The lowest BCUT2D eigenvalue weighted by Crippen LogP contribution is -2.47. The summed E-state index contributed by atoms with van der Waals surface area (Å²) < 4.78 is 0. The van der Waals surface area contributed by atoms with Crippen molar-refractivity contribution < 1.29 is 15.0 Å². The van der Waals surface area contributed by atoms with Crippen LogP contribution in [0.15, 0.2) is 54.6 Å². The molecule has 0 amide bonds. The number of aliphatic hydroxyl groups excluding tert-OH is 1. The maximum absolute atomic E-state index is 11.3. The van der Waals surface area contributed by atoms with Crippen LogP contribution in [0.2, 0.25) is 0 Å². The standard InChI is InChI=1S/C20H19N3O3/c24-17-12-23(11-10-15(17)20(25)26)19-14-8-4-5-9-16(14)21-18(22-19)13-6-2-1-3-7-13/h1-9,15,17,24H,10-12H2,(H,25,26)/t15-,17+/m0/s1. The van der Waals surface area contributed by atoms with Crippen LogP contribution < -0.4 is 4.90 Å². The number of aliphatic hydroxyl groups is 1. The Labute approximate surface area is 150 Å². The van der Waals surface area contributed by atoms with Gasteiger partial charge in [0.15, 0.2) is 5.82 Å². The number of fused-ring (bicyclic) bond motifs is 1. The van der Waals surface area contributed by atoms with Gasteiger partial charge in [-0.2, -0.15) is 0 Å². The molecule has 0 saturated carbocycles. The van der Waals surface area contributed by atoms with Crippen LogP contribution in [0.1, 0.15) is 6.42 Å². The Morgan fingerprint density at radius 3 is 2.50 bits per heavy atom. The van der Waals surface area contributed by atoms with E-state index in [2.05, 4.69) is 4.98 Å². The second-order valence-electron chi connectivity index (χ2n) is 6.50. The number of carboxylic acid groups (broad SMARTS) is 1. The van der Waals surface area contributed by atoms with Gasteiger partial charge in [0.25, 0.3) is 0 Å². The number of aliphatic carboxylic acids is 1. The Balaban J connectivity index is 1.78. The summed E-state index contributed by atoms with van der Waals surface area (Å²) in [6.07, 6.45) is -0.537. The fourth-order valence-corrected chi connectivity index (χ4v) is 3.43. The smallest absolute Gasteiger partial charge is 0.309 e. The molecule has 2 N–H and O–H groups in total. The Bertz CT molecular complexity index is 945. The molecule has 0 aliphatic carbocycles. The zero-order valence-corrected chi connectivity index (χ0v) is 14.1. The number of carbonyl (C=O) groups is 1. The van der Waals surface area contributed by atoms with Crippen molar-refractivity contribution in [1.82, 2.24) is 9.97 Å². The number of rotatable bonds is 3. The second kappa shape index (κ2) is 6.72. The number of hydrogen-bond acceptors (Lipinski definition) is 5. The topological polar surface area (TPSA) is 86.5 Å². The number of anilines is 1. The van der Waals surface area contributed by atoms with Crippen molar-refractivity contribution in [3.63, 3.8) is 0 Å². The molecule has 6 heteroatoms. The van der Waals surface area contributed by atoms with Gasteiger partial charge >= 0.3 is 5.97 Å². The summed E-state index contributed by atoms with van der Waals surface area (Å²) in [5.74, 6) is -0.325. The lowest BCUT2D eigenvalue weighted by atomic mass is 9.94. The molecule has 0 unspecified atom stereocenters. The lowest BCUT2D eigenvalue weighted by molar-refractivity contribution is -0.146. The van der Waals surface area contributed by atoms with Gasteiger partial charge in [0.2, 0.25) is 0 Å². The van der Waals surface area contributed by atoms with Gasteiger partial charge in [-0.05, 0) is 18.6 Å². The van der Waals surface area contributed by atoms with E-state index in [1.165, 1.54) is 0 Å². The number of para-hydroxylation sites is 1. The first-order valence-electron chi connectivity index (χ1n) is 8.61. The highest BCUT2D eigenvalue weighted by Gasteiger charge is 2.34. The minimum Gasteiger partial charge on any atom is -0.481 e. The average Bonchev–Trinajstić information content (AvgIpc) is 2.67. The van der Waals surface area contributed by atoms with Gasteiger partial charge < -0.3 is 15.1 Å². The van der Waals surface area contributed by atoms with Crippen LogP contribution >= 0.6 is 0 Å². The van der Waals surface area contributed by atoms with Crippen molar-refractivity contribution in [2.45, 2.75) is 12.5 Å². The third-order valence-electron chi connectivity index (χ3n) is 4.81. The number of hydrogen-bond donors (Lipinski definition) is 2. The minimum absolute atomic E-state index is 0.242. The van der Waals surface area contributed by atoms with Gasteiger partial charge in [-0.1, -0.05) is 42.5 Å². The third kappa shape index (κ3) is 2.99. The first-order chi connectivity index (χ1) is 12.6. The summed E-state index contributed by atoms with van der Waals surface area (Å²) in [5.41, 5.74) is 1.74. The molecular formula is C20H19N3O3. The lowest BCUT2D eigenvalue weighted by Gasteiger charge is -2.35. The van der Waals surface area contributed by atoms with Crippen molar-refractivity contribution in [2.24, 2.45) is 5.92 Å². The van der Waals surface area contributed by atoms with Gasteiger partial charge in [0.05, 0.1) is 17.5 Å². The molecule has 1 aliphatic rings. The van der Waals surface area contributed by atoms with E-state index in [9.17, 15) is 15.0 Å². The zero-order valence-electron chi connectivity index (χ0n) is 14.1. The maximum Gasteiger partial charge on any atom is 0.309 e. The van der Waals surface area contributed by atoms with Gasteiger partial charge in [-0.3, -0.25) is 4.79 Å². The molecule has 0 radical (unpaired) electrons. The van der Waals surface area contributed by atoms with Crippen molar-refractivity contribution >= 4 is 22.7 Å². The number of piperidine rings is 1. The number of β-amino-alcohol motifs (C(OH)–C–C–N with tert-alkyl or cyclic N) is 1. The molecule has 1 fully saturated rings. The van der Waals surface area contributed by atoms with Crippen LogP contribution in [-0.4, -0.2) is 45.3 Å². The van der Waals surface area contributed by atoms with Crippen molar-refractivity contribution in [3.05, 3.63) is 54.6 Å². The van der Waals surface area contributed by atoms with Crippen LogP contribution in [-0.2, 0) is 4.79 Å². The molecular weight excluding hydrogens is 330 g/mol. The second-order valence-corrected chi connectivity index (χ2v) is 6.50. The quantitative estimate of drug-likeness (QED) is 0.756. The summed E-state index contributed by atoms with van der Waals surface area (Å²) >= 11 is 0. The van der Waals surface area contributed by atoms with E-state index in [1.54, 1.807) is 0 Å². The Kier molecular flexibility index (Phi) is 4.26. The molecule has 4 rings (SSSR count). The van der Waals surface area contributed by atoms with E-state index < -0.39 is 18.0 Å². The van der Waals surface area contributed by atoms with Gasteiger partial charge in [-0.25, -0.2) is 9.97 Å². The normalized spacial score (nSPS) is 20.3. The Morgan fingerprint density at radius 1 is 1.04 bits per heavy atom. The molecule has 2 heterocycles. The number of carboxylic acids is 1. The molecule has 3 aromatic rings. The van der Waals surface area contributed by atoms with Crippen LogP contribution in [0, 0.1) is 5.92 Å². The predicted octanol–water partition coefficient (Wildman–Crippen LogP) is 2.57. The largest absolute Gasteiger partial charge is 0.481 e. The zero-order chi connectivity index (χ0) is 18.1. The van der Waals surface area contributed by atoms with E-state index in [0.29, 0.717) is 18.8 Å². The number of aromatic nitrogens is 2. The van der Waals surface area contributed by atoms with Crippen molar-refractivity contribution in [2.75, 3.05) is 18.0 Å². The van der Waals surface area contributed by atoms with Crippen LogP contribution in [0.3, 0.4) is 0 Å². The fraction of sp³-hybridized carbons (Fsp3) is 0.250. The van der Waals surface area contributed by atoms with Gasteiger partial charge in [0.1, 0.15) is 5.82 Å². The molecule has 6 nitrogen and oxygen atoms in total. The van der Waals surface area contributed by atoms with Gasteiger partial charge in [-0.15, -0.1) is 0 Å². The van der Waals surface area contributed by atoms with Crippen LogP contribution in [0.5, 0.6) is 0 Å². The van der Waals surface area contributed by atoms with E-state index in [-0.39, 0.29) is 6.54 Å². The molecule has 2 atom stereocenters. The highest BCUT2D eigenvalue weighted by Crippen LogP contribution is 2.30. The van der Waals surface area contributed by atoms with Crippen molar-refractivity contribution in [1.29, 1.82) is 0 Å². The average molecular weight is 349 g/mol. The van der Waals surface area contributed by atoms with Crippen LogP contribution in [0.4, 0.5) is 5.82 Å². The SMILES string of the molecule is O=C(O)[C@H]1CCN(c2nc(-c3ccccc3)nc3ccccc23)C[C@H]1O. The van der Waals surface area contributed by atoms with Gasteiger partial charge in [0, 0.05) is 24.0 Å². The van der Waals surface area contributed by atoms with E-state index in [4.69, 9.17) is 4.98 Å². The molecule has 132 valence electrons. The summed E-state index contributed by atoms with van der Waals surface area (Å²) in [6, 6.07) is 17.5. The monoisotopic (exact) mass is 349 g/mol. The van der Waals surface area contributed by atoms with E-state index in [0.717, 1.165) is 22.3 Å². The molecule has 0 bridgehead atoms. The highest BCUT2D eigenvalue weighted by atomic mass is 16.4. The molecule has 26 heavy (non-hydrogen) atoms. The molecule has 0 spiro atoms. The number of benzene rings is 2. The maximum atomic E-state index is 11.3. The van der Waals surface area contributed by atoms with Crippen LogP contribution in [0.25, 0.3) is 22.3 Å². The highest BCUT2D eigenvalue weighted by molar-refractivity contribution is 5.91. The molecule has 1 aromatic heterocycles. The number of nitrogens with zero attached hydrogens (tertiary/aromatic N) is 3. The minimum atomic E-state index is -0.949. The molecule has 2 aromatic carbocycles. The summed E-state index contributed by atoms with van der Waals surface area (Å²) in [6.45, 7) is 0.773.